The van der Waals surface area contributed by atoms with E-state index in [0.717, 1.165) is 15.1 Å². The Balaban J connectivity index is 1.84. The maximum atomic E-state index is 10.0. The molecule has 0 bridgehead atoms. The molecule has 0 radical (unpaired) electrons. The maximum absolute atomic E-state index is 10.0. The van der Waals surface area contributed by atoms with E-state index in [1.165, 1.54) is 5.56 Å². The van der Waals surface area contributed by atoms with Gasteiger partial charge in [0.15, 0.2) is 0 Å². The minimum Gasteiger partial charge on any atom is -0.493 e. The monoisotopic (exact) mass is 326 g/mol. The second-order valence-corrected chi connectivity index (χ2v) is 5.90. The van der Waals surface area contributed by atoms with E-state index in [1.54, 1.807) is 11.3 Å². The standard InChI is InChI=1S/C14H15BrO2S/c1-10-3-2-4-11(9-10)17-7-5-13(16)14-12(15)6-8-18-14/h2-4,6,8-9,13,16H,5,7H2,1H3. The van der Waals surface area contributed by atoms with Crippen LogP contribution in [0.5, 0.6) is 5.75 Å². The van der Waals surface area contributed by atoms with Crippen molar-refractivity contribution in [3.05, 3.63) is 50.6 Å². The van der Waals surface area contributed by atoms with E-state index in [2.05, 4.69) is 15.9 Å². The third-order valence-corrected chi connectivity index (χ3v) is 4.57. The Labute approximate surface area is 119 Å². The van der Waals surface area contributed by atoms with Gasteiger partial charge in [-0.05, 0) is 52.0 Å². The maximum Gasteiger partial charge on any atom is 0.119 e. The van der Waals surface area contributed by atoms with E-state index in [4.69, 9.17) is 4.74 Å². The van der Waals surface area contributed by atoms with Gasteiger partial charge >= 0.3 is 0 Å². The van der Waals surface area contributed by atoms with Crippen molar-refractivity contribution in [2.75, 3.05) is 6.61 Å². The van der Waals surface area contributed by atoms with Crippen LogP contribution in [-0.4, -0.2) is 11.7 Å². The van der Waals surface area contributed by atoms with Gasteiger partial charge in [-0.2, -0.15) is 0 Å². The number of aliphatic hydroxyl groups is 1. The van der Waals surface area contributed by atoms with Crippen molar-refractivity contribution in [1.82, 2.24) is 0 Å². The lowest BCUT2D eigenvalue weighted by Crippen LogP contribution is -2.04. The van der Waals surface area contributed by atoms with Gasteiger partial charge in [-0.15, -0.1) is 11.3 Å². The second kappa shape index (κ2) is 6.36. The zero-order valence-corrected chi connectivity index (χ0v) is 12.5. The van der Waals surface area contributed by atoms with Crippen LogP contribution in [0.3, 0.4) is 0 Å². The molecule has 0 fully saturated rings. The van der Waals surface area contributed by atoms with Crippen LogP contribution in [0.4, 0.5) is 0 Å². The van der Waals surface area contributed by atoms with Gasteiger partial charge < -0.3 is 9.84 Å². The van der Waals surface area contributed by atoms with Crippen molar-refractivity contribution in [3.8, 4) is 5.75 Å². The molecule has 18 heavy (non-hydrogen) atoms. The van der Waals surface area contributed by atoms with Gasteiger partial charge in [0.1, 0.15) is 5.75 Å². The van der Waals surface area contributed by atoms with E-state index in [9.17, 15) is 5.11 Å². The lowest BCUT2D eigenvalue weighted by atomic mass is 10.2. The molecular formula is C14H15BrO2S. The van der Waals surface area contributed by atoms with Gasteiger partial charge in [0, 0.05) is 15.8 Å². The van der Waals surface area contributed by atoms with Gasteiger partial charge in [-0.3, -0.25) is 0 Å². The number of hydrogen-bond acceptors (Lipinski definition) is 3. The molecule has 1 aromatic heterocycles. The van der Waals surface area contributed by atoms with E-state index >= 15 is 0 Å². The third kappa shape index (κ3) is 3.57. The molecule has 0 saturated carbocycles. The van der Waals surface area contributed by atoms with Crippen LogP contribution in [0.1, 0.15) is 23.0 Å². The third-order valence-electron chi connectivity index (χ3n) is 2.60. The van der Waals surface area contributed by atoms with Gasteiger partial charge in [0.25, 0.3) is 0 Å². The number of thiophene rings is 1. The average molecular weight is 327 g/mol. The molecule has 96 valence electrons. The first kappa shape index (κ1) is 13.6. The van der Waals surface area contributed by atoms with E-state index < -0.39 is 6.10 Å². The summed E-state index contributed by atoms with van der Waals surface area (Å²) in [6.07, 6.45) is 0.122. The molecule has 1 atom stereocenters. The first-order valence-electron chi connectivity index (χ1n) is 5.77. The highest BCUT2D eigenvalue weighted by Crippen LogP contribution is 2.30. The van der Waals surface area contributed by atoms with Crippen molar-refractivity contribution in [1.29, 1.82) is 0 Å². The Morgan fingerprint density at radius 2 is 2.22 bits per heavy atom. The Hall–Kier alpha value is -0.840. The van der Waals surface area contributed by atoms with Crippen molar-refractivity contribution < 1.29 is 9.84 Å². The fourth-order valence-corrected chi connectivity index (χ4v) is 3.33. The molecule has 4 heteroatoms. The topological polar surface area (TPSA) is 29.5 Å². The Morgan fingerprint density at radius 1 is 1.39 bits per heavy atom. The van der Waals surface area contributed by atoms with Gasteiger partial charge in [-0.25, -0.2) is 0 Å². The summed E-state index contributed by atoms with van der Waals surface area (Å²) < 4.78 is 6.59. The Kier molecular flexibility index (Phi) is 4.80. The van der Waals surface area contributed by atoms with Crippen molar-refractivity contribution in [3.63, 3.8) is 0 Å². The fraction of sp³-hybridized carbons (Fsp3) is 0.286. The first-order valence-corrected chi connectivity index (χ1v) is 7.44. The van der Waals surface area contributed by atoms with Crippen LogP contribution in [0.25, 0.3) is 0 Å². The molecule has 1 N–H and O–H groups in total. The largest absolute Gasteiger partial charge is 0.493 e. The summed E-state index contributed by atoms with van der Waals surface area (Å²) in [7, 11) is 0. The van der Waals surface area contributed by atoms with Crippen molar-refractivity contribution in [2.45, 2.75) is 19.4 Å². The molecule has 0 saturated heterocycles. The minimum atomic E-state index is -0.468. The molecule has 1 unspecified atom stereocenters. The van der Waals surface area contributed by atoms with Crippen LogP contribution in [0, 0.1) is 6.92 Å². The molecule has 1 aromatic carbocycles. The van der Waals surface area contributed by atoms with Gasteiger partial charge in [0.05, 0.1) is 12.7 Å². The summed E-state index contributed by atoms with van der Waals surface area (Å²) in [5, 5.41) is 12.0. The minimum absolute atomic E-state index is 0.468. The Bertz CT molecular complexity index is 510. The SMILES string of the molecule is Cc1cccc(OCCC(O)c2sccc2Br)c1. The molecule has 0 aliphatic carbocycles. The van der Waals surface area contributed by atoms with Gasteiger partial charge in [0.2, 0.25) is 0 Å². The fourth-order valence-electron chi connectivity index (χ4n) is 1.67. The molecule has 2 nitrogen and oxygen atoms in total. The lowest BCUT2D eigenvalue weighted by molar-refractivity contribution is 0.143. The number of halogens is 1. The molecule has 1 heterocycles. The average Bonchev–Trinajstić information content (AvgIpc) is 2.75. The predicted molar refractivity (Wildman–Crippen MR) is 78.3 cm³/mol. The number of aryl methyl sites for hydroxylation is 1. The molecule has 0 spiro atoms. The van der Waals surface area contributed by atoms with E-state index in [0.29, 0.717) is 13.0 Å². The zero-order chi connectivity index (χ0) is 13.0. The summed E-state index contributed by atoms with van der Waals surface area (Å²) >= 11 is 4.98. The summed E-state index contributed by atoms with van der Waals surface area (Å²) in [6.45, 7) is 2.54. The van der Waals surface area contributed by atoms with E-state index in [-0.39, 0.29) is 0 Å². The molecular weight excluding hydrogens is 312 g/mol. The van der Waals surface area contributed by atoms with Gasteiger partial charge in [-0.1, -0.05) is 12.1 Å². The number of hydrogen-bond donors (Lipinski definition) is 1. The second-order valence-electron chi connectivity index (χ2n) is 4.10. The highest BCUT2D eigenvalue weighted by atomic mass is 79.9. The van der Waals surface area contributed by atoms with E-state index in [1.807, 2.05) is 42.6 Å². The quantitative estimate of drug-likeness (QED) is 0.886. The predicted octanol–water partition coefficient (Wildman–Crippen LogP) is 4.32. The normalized spacial score (nSPS) is 12.4. The summed E-state index contributed by atoms with van der Waals surface area (Å²) in [5.41, 5.74) is 1.18. The van der Waals surface area contributed by atoms with Crippen LogP contribution >= 0.6 is 27.3 Å². The molecule has 0 aliphatic rings. The highest BCUT2D eigenvalue weighted by Gasteiger charge is 2.12. The highest BCUT2D eigenvalue weighted by molar-refractivity contribution is 9.10. The number of rotatable bonds is 5. The number of benzene rings is 1. The van der Waals surface area contributed by atoms with Crippen LogP contribution in [-0.2, 0) is 0 Å². The number of aliphatic hydroxyl groups excluding tert-OH is 1. The van der Waals surface area contributed by atoms with Crippen LogP contribution < -0.4 is 4.74 Å². The molecule has 2 rings (SSSR count). The van der Waals surface area contributed by atoms with Crippen molar-refractivity contribution in [2.24, 2.45) is 0 Å². The lowest BCUT2D eigenvalue weighted by Gasteiger charge is -2.11. The van der Waals surface area contributed by atoms with Crippen LogP contribution in [0.2, 0.25) is 0 Å². The van der Waals surface area contributed by atoms with Crippen LogP contribution in [0.15, 0.2) is 40.2 Å². The van der Waals surface area contributed by atoms with Crippen molar-refractivity contribution >= 4 is 27.3 Å². The zero-order valence-electron chi connectivity index (χ0n) is 10.1. The molecule has 0 amide bonds. The first-order chi connectivity index (χ1) is 8.66. The molecule has 0 aliphatic heterocycles. The smallest absolute Gasteiger partial charge is 0.119 e. The Morgan fingerprint density at radius 3 is 2.89 bits per heavy atom. The summed E-state index contributed by atoms with van der Waals surface area (Å²) in [5.74, 6) is 0.854. The summed E-state index contributed by atoms with van der Waals surface area (Å²) in [6, 6.07) is 9.87. The molecule has 2 aromatic rings. The number of ether oxygens (including phenoxy) is 1. The summed E-state index contributed by atoms with van der Waals surface area (Å²) in [4.78, 5) is 0.961.